The second-order valence-corrected chi connectivity index (χ2v) is 4.82. The van der Waals surface area contributed by atoms with Crippen molar-refractivity contribution in [1.29, 1.82) is 0 Å². The summed E-state index contributed by atoms with van der Waals surface area (Å²) in [6.45, 7) is 0. The lowest BCUT2D eigenvalue weighted by Gasteiger charge is -2.12. The van der Waals surface area contributed by atoms with Crippen LogP contribution in [0.5, 0.6) is 0 Å². The van der Waals surface area contributed by atoms with Crippen molar-refractivity contribution in [2.24, 2.45) is 5.73 Å². The summed E-state index contributed by atoms with van der Waals surface area (Å²) in [4.78, 5) is 0. The fourth-order valence-corrected chi connectivity index (χ4v) is 2.60. The van der Waals surface area contributed by atoms with Gasteiger partial charge in [-0.1, -0.05) is 18.2 Å². The van der Waals surface area contributed by atoms with Crippen molar-refractivity contribution in [2.45, 2.75) is 31.7 Å². The molecule has 1 unspecified atom stereocenters. The molecule has 0 spiro atoms. The van der Waals surface area contributed by atoms with E-state index in [4.69, 9.17) is 10.2 Å². The quantitative estimate of drug-likeness (QED) is 0.875. The van der Waals surface area contributed by atoms with Crippen molar-refractivity contribution in [3.05, 3.63) is 59.0 Å². The van der Waals surface area contributed by atoms with Crippen molar-refractivity contribution in [1.82, 2.24) is 0 Å². The Balaban J connectivity index is 1.79. The number of rotatable bonds is 3. The molecule has 0 amide bonds. The Bertz CT molecular complexity index is 502. The number of nitrogens with two attached hydrogens (primary N) is 1. The molecule has 1 aliphatic rings. The van der Waals surface area contributed by atoms with Crippen LogP contribution in [0.3, 0.4) is 0 Å². The van der Waals surface area contributed by atoms with Gasteiger partial charge in [-0.15, -0.1) is 0 Å². The van der Waals surface area contributed by atoms with Crippen LogP contribution in [0, 0.1) is 0 Å². The Labute approximate surface area is 101 Å². The lowest BCUT2D eigenvalue weighted by Crippen LogP contribution is -2.13. The highest BCUT2D eigenvalue weighted by Gasteiger charge is 2.14. The molecule has 1 aromatic carbocycles. The number of fused-ring (bicyclic) bond motifs is 1. The van der Waals surface area contributed by atoms with E-state index >= 15 is 0 Å². The van der Waals surface area contributed by atoms with Gasteiger partial charge in [0.05, 0.1) is 12.5 Å². The molecule has 1 heterocycles. The minimum atomic E-state index is 0.0681. The molecule has 0 saturated carbocycles. The zero-order valence-electron chi connectivity index (χ0n) is 9.86. The van der Waals surface area contributed by atoms with Gasteiger partial charge >= 0.3 is 0 Å². The van der Waals surface area contributed by atoms with Gasteiger partial charge in [0.15, 0.2) is 0 Å². The van der Waals surface area contributed by atoms with Crippen LogP contribution >= 0.6 is 0 Å². The summed E-state index contributed by atoms with van der Waals surface area (Å²) < 4.78 is 5.07. The second-order valence-electron chi connectivity index (χ2n) is 4.82. The highest BCUT2D eigenvalue weighted by Crippen LogP contribution is 2.26. The maximum Gasteiger partial charge on any atom is 0.0935 e. The first-order chi connectivity index (χ1) is 8.33. The fraction of sp³-hybridized carbons (Fsp3) is 0.333. The van der Waals surface area contributed by atoms with E-state index in [0.29, 0.717) is 0 Å². The third-order valence-electron chi connectivity index (χ3n) is 3.59. The first kappa shape index (κ1) is 10.6. The van der Waals surface area contributed by atoms with Crippen molar-refractivity contribution in [2.75, 3.05) is 0 Å². The average molecular weight is 227 g/mol. The molecule has 0 radical (unpaired) electrons. The molecule has 17 heavy (non-hydrogen) atoms. The molecule has 2 N–H and O–H groups in total. The molecule has 2 heteroatoms. The Morgan fingerprint density at radius 2 is 2.06 bits per heavy atom. The summed E-state index contributed by atoms with van der Waals surface area (Å²) in [5, 5.41) is 0. The van der Waals surface area contributed by atoms with Crippen LogP contribution in [-0.4, -0.2) is 0 Å². The summed E-state index contributed by atoms with van der Waals surface area (Å²) in [5.41, 5.74) is 11.6. The van der Waals surface area contributed by atoms with Gasteiger partial charge in [0, 0.05) is 6.04 Å². The van der Waals surface area contributed by atoms with Crippen LogP contribution in [0.15, 0.2) is 41.2 Å². The molecule has 0 bridgehead atoms. The van der Waals surface area contributed by atoms with E-state index in [1.807, 2.05) is 6.07 Å². The van der Waals surface area contributed by atoms with Gasteiger partial charge in [-0.3, -0.25) is 0 Å². The van der Waals surface area contributed by atoms with Gasteiger partial charge in [-0.05, 0) is 54.0 Å². The lowest BCUT2D eigenvalue weighted by molar-refractivity contribution is 0.561. The van der Waals surface area contributed by atoms with Crippen LogP contribution < -0.4 is 5.73 Å². The topological polar surface area (TPSA) is 39.2 Å². The number of hydrogen-bond donors (Lipinski definition) is 1. The van der Waals surface area contributed by atoms with Crippen LogP contribution in [0.4, 0.5) is 0 Å². The Morgan fingerprint density at radius 3 is 2.88 bits per heavy atom. The zero-order valence-corrected chi connectivity index (χ0v) is 9.86. The third kappa shape index (κ3) is 2.13. The van der Waals surface area contributed by atoms with E-state index in [1.165, 1.54) is 36.0 Å². The van der Waals surface area contributed by atoms with Gasteiger partial charge < -0.3 is 10.2 Å². The number of hydrogen-bond acceptors (Lipinski definition) is 2. The number of aryl methyl sites for hydroxylation is 2. The smallest absolute Gasteiger partial charge is 0.0935 e. The third-order valence-corrected chi connectivity index (χ3v) is 3.59. The van der Waals surface area contributed by atoms with Crippen LogP contribution in [0.1, 0.15) is 34.7 Å². The molecule has 0 saturated heterocycles. The van der Waals surface area contributed by atoms with Crippen LogP contribution in [-0.2, 0) is 19.3 Å². The normalized spacial score (nSPS) is 15.8. The molecular formula is C15H17NO. The maximum absolute atomic E-state index is 6.24. The second kappa shape index (κ2) is 4.38. The molecule has 0 aliphatic heterocycles. The minimum absolute atomic E-state index is 0.0681. The monoisotopic (exact) mass is 227 g/mol. The van der Waals surface area contributed by atoms with Crippen LogP contribution in [0.25, 0.3) is 0 Å². The van der Waals surface area contributed by atoms with Gasteiger partial charge in [-0.2, -0.15) is 0 Å². The summed E-state index contributed by atoms with van der Waals surface area (Å²) in [6, 6.07) is 8.75. The van der Waals surface area contributed by atoms with Gasteiger partial charge in [0.1, 0.15) is 0 Å². The predicted octanol–water partition coefficient (Wildman–Crippen LogP) is 3.01. The number of benzene rings is 1. The molecule has 1 aromatic heterocycles. The van der Waals surface area contributed by atoms with Crippen molar-refractivity contribution in [3.8, 4) is 0 Å². The maximum atomic E-state index is 6.24. The Morgan fingerprint density at radius 1 is 1.18 bits per heavy atom. The zero-order chi connectivity index (χ0) is 11.7. The first-order valence-electron chi connectivity index (χ1n) is 6.21. The molecule has 88 valence electrons. The molecular weight excluding hydrogens is 210 g/mol. The van der Waals surface area contributed by atoms with Gasteiger partial charge in [0.2, 0.25) is 0 Å². The minimum Gasteiger partial charge on any atom is -0.472 e. The highest BCUT2D eigenvalue weighted by atomic mass is 16.3. The van der Waals surface area contributed by atoms with Crippen molar-refractivity contribution in [3.63, 3.8) is 0 Å². The molecule has 2 nitrogen and oxygen atoms in total. The summed E-state index contributed by atoms with van der Waals surface area (Å²) in [5.74, 6) is 0. The van der Waals surface area contributed by atoms with Gasteiger partial charge in [-0.25, -0.2) is 0 Å². The van der Waals surface area contributed by atoms with Gasteiger partial charge in [0.25, 0.3) is 0 Å². The van der Waals surface area contributed by atoms with E-state index < -0.39 is 0 Å². The van der Waals surface area contributed by atoms with E-state index in [-0.39, 0.29) is 6.04 Å². The molecule has 2 aromatic rings. The van der Waals surface area contributed by atoms with E-state index in [0.717, 1.165) is 12.0 Å². The van der Waals surface area contributed by atoms with Crippen LogP contribution in [0.2, 0.25) is 0 Å². The molecule has 3 rings (SSSR count). The largest absolute Gasteiger partial charge is 0.472 e. The standard InChI is InChI=1S/C15H17NO/c16-15(8-11-6-7-17-10-11)14-5-4-12-2-1-3-13(12)9-14/h4-7,9-10,15H,1-3,8,16H2. The molecule has 1 aliphatic carbocycles. The first-order valence-corrected chi connectivity index (χ1v) is 6.21. The SMILES string of the molecule is NC(Cc1ccoc1)c1ccc2c(c1)CCC2. The predicted molar refractivity (Wildman–Crippen MR) is 67.8 cm³/mol. The average Bonchev–Trinajstić information content (AvgIpc) is 2.97. The molecule has 1 atom stereocenters. The van der Waals surface area contributed by atoms with Crippen molar-refractivity contribution < 1.29 is 4.42 Å². The van der Waals surface area contributed by atoms with Crippen molar-refractivity contribution >= 4 is 0 Å². The van der Waals surface area contributed by atoms with E-state index in [2.05, 4.69) is 18.2 Å². The Hall–Kier alpha value is -1.54. The van der Waals surface area contributed by atoms with E-state index in [9.17, 15) is 0 Å². The highest BCUT2D eigenvalue weighted by molar-refractivity contribution is 5.36. The lowest BCUT2D eigenvalue weighted by atomic mass is 9.98. The van der Waals surface area contributed by atoms with E-state index in [1.54, 1.807) is 12.5 Å². The summed E-state index contributed by atoms with van der Waals surface area (Å²) in [6.07, 6.45) is 8.04. The Kier molecular flexibility index (Phi) is 2.73. The number of furan rings is 1. The summed E-state index contributed by atoms with van der Waals surface area (Å²) >= 11 is 0. The summed E-state index contributed by atoms with van der Waals surface area (Å²) in [7, 11) is 0. The molecule has 0 fully saturated rings. The fourth-order valence-electron chi connectivity index (χ4n) is 2.60.